The second kappa shape index (κ2) is 7.89. The SMILES string of the molecule is CC(=O)Nc1ccc(C(=O)N2CCC(c3nc4cc(Cl)ccc4s3)CC2)cc1. The molecule has 2 amide bonds. The maximum Gasteiger partial charge on any atom is 0.253 e. The van der Waals surface area contributed by atoms with Crippen LogP contribution in [0.4, 0.5) is 5.69 Å². The number of thiazole rings is 1. The molecule has 0 aliphatic carbocycles. The van der Waals surface area contributed by atoms with Gasteiger partial charge in [-0.25, -0.2) is 4.98 Å². The van der Waals surface area contributed by atoms with Crippen molar-refractivity contribution in [3.63, 3.8) is 0 Å². The molecule has 2 aromatic carbocycles. The molecule has 0 unspecified atom stereocenters. The van der Waals surface area contributed by atoms with Gasteiger partial charge in [-0.3, -0.25) is 9.59 Å². The van der Waals surface area contributed by atoms with E-state index >= 15 is 0 Å². The van der Waals surface area contributed by atoms with Crippen molar-refractivity contribution in [1.29, 1.82) is 0 Å². The molecule has 144 valence electrons. The number of carbonyl (C=O) groups is 2. The van der Waals surface area contributed by atoms with Crippen LogP contribution >= 0.6 is 22.9 Å². The average molecular weight is 414 g/mol. The first-order valence-electron chi connectivity index (χ1n) is 9.22. The molecule has 0 atom stereocenters. The van der Waals surface area contributed by atoms with Crippen molar-refractivity contribution in [1.82, 2.24) is 9.88 Å². The highest BCUT2D eigenvalue weighted by atomic mass is 35.5. The lowest BCUT2D eigenvalue weighted by Crippen LogP contribution is -2.37. The van der Waals surface area contributed by atoms with Crippen molar-refractivity contribution in [2.45, 2.75) is 25.7 Å². The van der Waals surface area contributed by atoms with Gasteiger partial charge in [0.2, 0.25) is 5.91 Å². The quantitative estimate of drug-likeness (QED) is 0.662. The monoisotopic (exact) mass is 413 g/mol. The Kier molecular flexibility index (Phi) is 5.33. The normalized spacial score (nSPS) is 15.0. The first-order chi connectivity index (χ1) is 13.5. The highest BCUT2D eigenvalue weighted by molar-refractivity contribution is 7.18. The standard InChI is InChI=1S/C21H20ClN3O2S/c1-13(26)23-17-5-2-15(3-6-17)21(27)25-10-8-14(9-11-25)20-24-18-12-16(22)4-7-19(18)28-20/h2-7,12,14H,8-11H2,1H3,(H,23,26). The minimum atomic E-state index is -0.127. The fourth-order valence-electron chi connectivity index (χ4n) is 3.50. The second-order valence-electron chi connectivity index (χ2n) is 6.99. The number of halogens is 1. The van der Waals surface area contributed by atoms with E-state index in [-0.39, 0.29) is 11.8 Å². The average Bonchev–Trinajstić information content (AvgIpc) is 3.11. The van der Waals surface area contributed by atoms with Crippen LogP contribution in [0.5, 0.6) is 0 Å². The summed E-state index contributed by atoms with van der Waals surface area (Å²) in [5.41, 5.74) is 2.28. The highest BCUT2D eigenvalue weighted by Crippen LogP contribution is 2.35. The van der Waals surface area contributed by atoms with Crippen LogP contribution in [0.2, 0.25) is 5.02 Å². The first-order valence-corrected chi connectivity index (χ1v) is 10.4. The molecule has 28 heavy (non-hydrogen) atoms. The summed E-state index contributed by atoms with van der Waals surface area (Å²) in [4.78, 5) is 30.5. The number of amides is 2. The Morgan fingerprint density at radius 2 is 1.86 bits per heavy atom. The van der Waals surface area contributed by atoms with Gasteiger partial charge in [0.25, 0.3) is 5.91 Å². The number of benzene rings is 2. The number of hydrogen-bond acceptors (Lipinski definition) is 4. The van der Waals surface area contributed by atoms with Crippen LogP contribution in [0, 0.1) is 0 Å². The van der Waals surface area contributed by atoms with Crippen molar-refractivity contribution in [2.75, 3.05) is 18.4 Å². The maximum absolute atomic E-state index is 12.8. The van der Waals surface area contributed by atoms with Crippen molar-refractivity contribution < 1.29 is 9.59 Å². The van der Waals surface area contributed by atoms with Crippen molar-refractivity contribution in [3.8, 4) is 0 Å². The number of rotatable bonds is 3. The van der Waals surface area contributed by atoms with E-state index in [4.69, 9.17) is 16.6 Å². The number of carbonyl (C=O) groups excluding carboxylic acids is 2. The first kappa shape index (κ1) is 18.9. The van der Waals surface area contributed by atoms with Gasteiger partial charge < -0.3 is 10.2 Å². The molecule has 0 radical (unpaired) electrons. The van der Waals surface area contributed by atoms with Crippen LogP contribution in [0.25, 0.3) is 10.2 Å². The minimum Gasteiger partial charge on any atom is -0.339 e. The molecule has 4 rings (SSSR count). The van der Waals surface area contributed by atoms with Gasteiger partial charge in [0, 0.05) is 42.2 Å². The van der Waals surface area contributed by atoms with E-state index in [9.17, 15) is 9.59 Å². The summed E-state index contributed by atoms with van der Waals surface area (Å²) in [6.45, 7) is 2.89. The van der Waals surface area contributed by atoms with Gasteiger partial charge in [-0.1, -0.05) is 11.6 Å². The van der Waals surface area contributed by atoms with E-state index in [0.717, 1.165) is 28.1 Å². The topological polar surface area (TPSA) is 62.3 Å². The molecule has 1 aliphatic heterocycles. The van der Waals surface area contributed by atoms with E-state index in [1.54, 1.807) is 35.6 Å². The molecule has 1 aromatic heterocycles. The summed E-state index contributed by atoms with van der Waals surface area (Å²) < 4.78 is 1.15. The van der Waals surface area contributed by atoms with E-state index < -0.39 is 0 Å². The smallest absolute Gasteiger partial charge is 0.253 e. The third kappa shape index (κ3) is 4.03. The van der Waals surface area contributed by atoms with Crippen LogP contribution in [-0.4, -0.2) is 34.8 Å². The van der Waals surface area contributed by atoms with Crippen LogP contribution in [-0.2, 0) is 4.79 Å². The van der Waals surface area contributed by atoms with Gasteiger partial charge in [-0.2, -0.15) is 0 Å². The molecule has 1 N–H and O–H groups in total. The van der Waals surface area contributed by atoms with Gasteiger partial charge in [-0.15, -0.1) is 11.3 Å². The van der Waals surface area contributed by atoms with E-state index in [1.165, 1.54) is 6.92 Å². The largest absolute Gasteiger partial charge is 0.339 e. The summed E-state index contributed by atoms with van der Waals surface area (Å²) >= 11 is 7.78. The Morgan fingerprint density at radius 1 is 1.14 bits per heavy atom. The molecule has 0 bridgehead atoms. The molecule has 0 saturated carbocycles. The van der Waals surface area contributed by atoms with E-state index in [1.807, 2.05) is 23.1 Å². The Bertz CT molecular complexity index is 1020. The van der Waals surface area contributed by atoms with Gasteiger partial charge in [0.1, 0.15) is 0 Å². The zero-order valence-corrected chi connectivity index (χ0v) is 17.0. The summed E-state index contributed by atoms with van der Waals surface area (Å²) in [5, 5.41) is 4.54. The Hall–Kier alpha value is -2.44. The predicted molar refractivity (Wildman–Crippen MR) is 113 cm³/mol. The fourth-order valence-corrected chi connectivity index (χ4v) is 4.79. The maximum atomic E-state index is 12.8. The van der Waals surface area contributed by atoms with Crippen LogP contribution in [0.1, 0.15) is 41.0 Å². The van der Waals surface area contributed by atoms with Gasteiger partial charge in [-0.05, 0) is 55.3 Å². The lowest BCUT2D eigenvalue weighted by Gasteiger charge is -2.31. The summed E-state index contributed by atoms with van der Waals surface area (Å²) in [7, 11) is 0. The molecular weight excluding hydrogens is 394 g/mol. The molecule has 0 spiro atoms. The molecular formula is C21H20ClN3O2S. The van der Waals surface area contributed by atoms with Crippen LogP contribution < -0.4 is 5.32 Å². The molecule has 5 nitrogen and oxygen atoms in total. The Balaban J connectivity index is 1.40. The zero-order chi connectivity index (χ0) is 19.7. The minimum absolute atomic E-state index is 0.0314. The third-order valence-electron chi connectivity index (χ3n) is 4.95. The number of hydrogen-bond donors (Lipinski definition) is 1. The number of fused-ring (bicyclic) bond motifs is 1. The number of nitrogens with zero attached hydrogens (tertiary/aromatic N) is 2. The van der Waals surface area contributed by atoms with Gasteiger partial charge >= 0.3 is 0 Å². The number of nitrogens with one attached hydrogen (secondary N) is 1. The van der Waals surface area contributed by atoms with Crippen molar-refractivity contribution in [2.24, 2.45) is 0 Å². The summed E-state index contributed by atoms with van der Waals surface area (Å²) in [6, 6.07) is 12.8. The van der Waals surface area contributed by atoms with Gasteiger partial charge in [0.15, 0.2) is 0 Å². The molecule has 7 heteroatoms. The summed E-state index contributed by atoms with van der Waals surface area (Å²) in [6.07, 6.45) is 1.81. The van der Waals surface area contributed by atoms with E-state index in [0.29, 0.717) is 35.3 Å². The number of piperidine rings is 1. The highest BCUT2D eigenvalue weighted by Gasteiger charge is 2.26. The lowest BCUT2D eigenvalue weighted by atomic mass is 9.97. The molecule has 2 heterocycles. The molecule has 1 saturated heterocycles. The Labute approximate surface area is 172 Å². The van der Waals surface area contributed by atoms with Crippen molar-refractivity contribution >= 4 is 50.7 Å². The number of anilines is 1. The third-order valence-corrected chi connectivity index (χ3v) is 6.38. The van der Waals surface area contributed by atoms with Gasteiger partial charge in [0.05, 0.1) is 15.2 Å². The summed E-state index contributed by atoms with van der Waals surface area (Å²) in [5.74, 6) is 0.282. The fraction of sp³-hybridized carbons (Fsp3) is 0.286. The predicted octanol–water partition coefficient (Wildman–Crippen LogP) is 4.93. The Morgan fingerprint density at radius 3 is 2.54 bits per heavy atom. The van der Waals surface area contributed by atoms with Crippen LogP contribution in [0.15, 0.2) is 42.5 Å². The number of likely N-dealkylation sites (tertiary alicyclic amines) is 1. The molecule has 1 fully saturated rings. The molecule has 3 aromatic rings. The zero-order valence-electron chi connectivity index (χ0n) is 15.4. The second-order valence-corrected chi connectivity index (χ2v) is 8.49. The van der Waals surface area contributed by atoms with Crippen molar-refractivity contribution in [3.05, 3.63) is 58.1 Å². The number of aromatic nitrogens is 1. The van der Waals surface area contributed by atoms with E-state index in [2.05, 4.69) is 5.32 Å². The van der Waals surface area contributed by atoms with Crippen LogP contribution in [0.3, 0.4) is 0 Å². The lowest BCUT2D eigenvalue weighted by molar-refractivity contribution is -0.114. The molecule has 1 aliphatic rings.